The molecule has 11 rings (SSSR count). The molecule has 0 fully saturated rings. The van der Waals surface area contributed by atoms with Crippen molar-refractivity contribution in [2.24, 2.45) is 0 Å². The normalized spacial score (nSPS) is 12.4. The molecule has 0 saturated heterocycles. The third-order valence-corrected chi connectivity index (χ3v) is 12.0. The van der Waals surface area contributed by atoms with Crippen LogP contribution in [0.5, 0.6) is 0 Å². The summed E-state index contributed by atoms with van der Waals surface area (Å²) in [7, 11) is 0. The summed E-state index contributed by atoms with van der Waals surface area (Å²) in [5.41, 5.74) is 14.0. The topological polar surface area (TPSA) is 48.5 Å². The van der Waals surface area contributed by atoms with Crippen molar-refractivity contribution < 1.29 is 0 Å². The molecule has 0 spiro atoms. The maximum atomic E-state index is 5.40. The average molecular weight is 858 g/mol. The average Bonchev–Trinajstić information content (AvgIpc) is 3.91. The summed E-state index contributed by atoms with van der Waals surface area (Å²) < 4.78 is 4.82. The van der Waals surface area contributed by atoms with Crippen molar-refractivity contribution in [1.29, 1.82) is 0 Å². The van der Waals surface area contributed by atoms with Gasteiger partial charge in [0.2, 0.25) is 5.95 Å². The van der Waals surface area contributed by atoms with E-state index in [1.165, 1.54) is 44.0 Å². The fourth-order valence-corrected chi connectivity index (χ4v) is 9.25. The smallest absolute Gasteiger partial charge is 0.238 e. The molecule has 0 atom stereocenters. The number of benzene rings is 7. The van der Waals surface area contributed by atoms with Crippen LogP contribution in [0.4, 0.5) is 0 Å². The second-order valence-electron chi connectivity index (χ2n) is 16.5. The minimum Gasteiger partial charge on any atom is -0.309 e. The quantitative estimate of drug-likeness (QED) is 0.113. The van der Waals surface area contributed by atoms with Crippen molar-refractivity contribution in [2.45, 2.75) is 52.9 Å². The van der Waals surface area contributed by atoms with E-state index in [1.54, 1.807) is 6.08 Å². The molecule has 3 heterocycles. The van der Waals surface area contributed by atoms with E-state index in [9.17, 15) is 0 Å². The second kappa shape index (κ2) is 20.3. The number of para-hydroxylation sites is 2. The summed E-state index contributed by atoms with van der Waals surface area (Å²) in [6, 6.07) is 63.9. The number of hydrogen-bond acceptors (Lipinski definition) is 3. The van der Waals surface area contributed by atoms with Gasteiger partial charge < -0.3 is 4.57 Å². The highest BCUT2D eigenvalue weighted by atomic mass is 15.2. The number of fused-ring (bicyclic) bond motifs is 7. The number of aromatic nitrogens is 5. The van der Waals surface area contributed by atoms with Gasteiger partial charge in [0.05, 0.1) is 16.6 Å². The van der Waals surface area contributed by atoms with Gasteiger partial charge in [-0.15, -0.1) is 6.58 Å². The van der Waals surface area contributed by atoms with Gasteiger partial charge in [0.25, 0.3) is 0 Å². The first kappa shape index (κ1) is 43.4. The molecule has 7 aromatic carbocycles. The van der Waals surface area contributed by atoms with E-state index in [0.717, 1.165) is 71.1 Å². The number of hydrogen-bond donors (Lipinski definition) is 0. The number of nitrogens with zero attached hydrogens (tertiary/aromatic N) is 5. The molecule has 0 aliphatic heterocycles. The lowest BCUT2D eigenvalue weighted by molar-refractivity contribution is 0.661. The SMILES string of the molecule is C/C=C\C(=C/CC)c1cccc(-c2nc(-c3cccc(-c4ccccc4)c3)nc(-n3c4c(c5c3ccc3c6ccccc6n(-c6ccccc6)c35)CCCC4)n2)c1.C=CC.c1ccccc1. The van der Waals surface area contributed by atoms with Crippen LogP contribution in [0.3, 0.4) is 0 Å². The van der Waals surface area contributed by atoms with E-state index >= 15 is 0 Å². The Morgan fingerprint density at radius 1 is 0.561 bits per heavy atom. The molecule has 3 aromatic heterocycles. The van der Waals surface area contributed by atoms with Crippen LogP contribution < -0.4 is 0 Å². The molecule has 0 bridgehead atoms. The van der Waals surface area contributed by atoms with Gasteiger partial charge in [0.15, 0.2) is 11.6 Å². The Kier molecular flexibility index (Phi) is 13.3. The maximum absolute atomic E-state index is 5.40. The molecule has 0 amide bonds. The van der Waals surface area contributed by atoms with E-state index in [0.29, 0.717) is 17.6 Å². The zero-order valence-electron chi connectivity index (χ0n) is 38.1. The molecular formula is C61H55N5. The fourth-order valence-electron chi connectivity index (χ4n) is 9.25. The number of allylic oxidation sites excluding steroid dienone is 5. The molecule has 66 heavy (non-hydrogen) atoms. The largest absolute Gasteiger partial charge is 0.309 e. The molecule has 0 unspecified atom stereocenters. The second-order valence-corrected chi connectivity index (χ2v) is 16.5. The Morgan fingerprint density at radius 2 is 1.15 bits per heavy atom. The molecule has 5 nitrogen and oxygen atoms in total. The molecule has 0 N–H and O–H groups in total. The Hall–Kier alpha value is -7.89. The minimum absolute atomic E-state index is 0.651. The fraction of sp³-hybridized carbons (Fsp3) is 0.131. The first-order valence-electron chi connectivity index (χ1n) is 23.2. The van der Waals surface area contributed by atoms with Gasteiger partial charge in [0.1, 0.15) is 0 Å². The first-order valence-corrected chi connectivity index (χ1v) is 23.2. The number of rotatable bonds is 8. The van der Waals surface area contributed by atoms with Crippen LogP contribution in [-0.4, -0.2) is 24.1 Å². The number of aryl methyl sites for hydroxylation is 1. The maximum Gasteiger partial charge on any atom is 0.238 e. The summed E-state index contributed by atoms with van der Waals surface area (Å²) in [6.07, 6.45) is 13.5. The van der Waals surface area contributed by atoms with Crippen LogP contribution in [-0.2, 0) is 12.8 Å². The highest BCUT2D eigenvalue weighted by molar-refractivity contribution is 6.19. The van der Waals surface area contributed by atoms with E-state index in [4.69, 9.17) is 15.0 Å². The molecule has 5 heteroatoms. The van der Waals surface area contributed by atoms with Gasteiger partial charge >= 0.3 is 0 Å². The van der Waals surface area contributed by atoms with Crippen molar-refractivity contribution in [3.8, 4) is 45.5 Å². The standard InChI is InChI=1S/C52H43N5.C6H6.C3H6/c1-3-17-35(18-4-2)37-21-15-23-39(33-37)50-53-51(40-24-16-22-38(34-40)36-19-7-5-8-20-36)55-52(54-50)57-46-30-14-12-28-44(46)48-47(57)32-31-43-42-27-11-13-29-45(42)56(49(43)48)41-25-9-6-10-26-41;1-2-4-6-5-3-1;1-3-2/h3,5-11,13,15-27,29,31-34H,4,12,14,28,30H2,1-2H3;1-6H;3H,1H2,2H3/b17-3-,35-18+;;. The van der Waals surface area contributed by atoms with Crippen LogP contribution in [0.2, 0.25) is 0 Å². The zero-order chi connectivity index (χ0) is 45.2. The lowest BCUT2D eigenvalue weighted by Crippen LogP contribution is -2.11. The van der Waals surface area contributed by atoms with E-state index < -0.39 is 0 Å². The molecule has 1 aliphatic rings. The Morgan fingerprint density at radius 3 is 1.85 bits per heavy atom. The zero-order valence-corrected chi connectivity index (χ0v) is 38.1. The van der Waals surface area contributed by atoms with Crippen molar-refractivity contribution in [3.63, 3.8) is 0 Å². The third-order valence-electron chi connectivity index (χ3n) is 12.0. The van der Waals surface area contributed by atoms with Gasteiger partial charge in [-0.3, -0.25) is 4.57 Å². The summed E-state index contributed by atoms with van der Waals surface area (Å²) in [6.45, 7) is 9.49. The van der Waals surface area contributed by atoms with Gasteiger partial charge in [0, 0.05) is 38.7 Å². The molecule has 10 aromatic rings. The monoisotopic (exact) mass is 857 g/mol. The molecule has 324 valence electrons. The predicted octanol–water partition coefficient (Wildman–Crippen LogP) is 16.0. The Bertz CT molecular complexity index is 3290. The summed E-state index contributed by atoms with van der Waals surface area (Å²) in [5, 5.41) is 3.81. The van der Waals surface area contributed by atoms with Gasteiger partial charge in [-0.1, -0.05) is 177 Å². The van der Waals surface area contributed by atoms with Crippen molar-refractivity contribution in [3.05, 3.63) is 230 Å². The summed E-state index contributed by atoms with van der Waals surface area (Å²) in [4.78, 5) is 16.1. The van der Waals surface area contributed by atoms with E-state index in [2.05, 4.69) is 193 Å². The van der Waals surface area contributed by atoms with Crippen molar-refractivity contribution in [1.82, 2.24) is 24.1 Å². The first-order chi connectivity index (χ1) is 32.6. The van der Waals surface area contributed by atoms with E-state index in [1.807, 2.05) is 43.3 Å². The van der Waals surface area contributed by atoms with Crippen LogP contribution in [0.25, 0.3) is 83.8 Å². The lowest BCUT2D eigenvalue weighted by atomic mass is 9.94. The summed E-state index contributed by atoms with van der Waals surface area (Å²) >= 11 is 0. The molecule has 1 aliphatic carbocycles. The highest BCUT2D eigenvalue weighted by Gasteiger charge is 2.27. The van der Waals surface area contributed by atoms with Crippen LogP contribution in [0.1, 0.15) is 56.9 Å². The molecule has 0 radical (unpaired) electrons. The Balaban J connectivity index is 0.000000552. The van der Waals surface area contributed by atoms with E-state index in [-0.39, 0.29) is 0 Å². The third kappa shape index (κ3) is 8.81. The van der Waals surface area contributed by atoms with Gasteiger partial charge in [-0.05, 0) is 110 Å². The van der Waals surface area contributed by atoms with Crippen molar-refractivity contribution in [2.75, 3.05) is 0 Å². The van der Waals surface area contributed by atoms with Crippen LogP contribution in [0, 0.1) is 0 Å². The molecule has 0 saturated carbocycles. The van der Waals surface area contributed by atoms with Crippen molar-refractivity contribution >= 4 is 38.3 Å². The van der Waals surface area contributed by atoms with Gasteiger partial charge in [-0.25, -0.2) is 4.98 Å². The van der Waals surface area contributed by atoms with Gasteiger partial charge in [-0.2, -0.15) is 9.97 Å². The summed E-state index contributed by atoms with van der Waals surface area (Å²) in [5.74, 6) is 1.96. The van der Waals surface area contributed by atoms with Crippen LogP contribution in [0.15, 0.2) is 213 Å². The highest BCUT2D eigenvalue weighted by Crippen LogP contribution is 2.43. The van der Waals surface area contributed by atoms with Crippen LogP contribution >= 0.6 is 0 Å². The Labute approximate surface area is 388 Å². The predicted molar refractivity (Wildman–Crippen MR) is 279 cm³/mol. The lowest BCUT2D eigenvalue weighted by Gasteiger charge is -2.16. The molecular weight excluding hydrogens is 803 g/mol. The minimum atomic E-state index is 0.651.